The fourth-order valence-corrected chi connectivity index (χ4v) is 2.44. The maximum Gasteiger partial charge on any atom is 0.320 e. The Hall–Kier alpha value is -2.36. The van der Waals surface area contributed by atoms with E-state index in [1.165, 1.54) is 14.2 Å². The SMILES string of the molecule is COC(=O)C(C(=O)OC)C(C)c1ccc2ccccc2c1. The van der Waals surface area contributed by atoms with E-state index in [2.05, 4.69) is 0 Å². The number of hydrogen-bond donors (Lipinski definition) is 0. The van der Waals surface area contributed by atoms with Crippen molar-refractivity contribution in [3.63, 3.8) is 0 Å². The van der Waals surface area contributed by atoms with Crippen molar-refractivity contribution in [2.24, 2.45) is 5.92 Å². The maximum atomic E-state index is 11.9. The van der Waals surface area contributed by atoms with Crippen molar-refractivity contribution in [2.75, 3.05) is 14.2 Å². The first kappa shape index (κ1) is 15.0. The van der Waals surface area contributed by atoms with Gasteiger partial charge >= 0.3 is 11.9 Å². The van der Waals surface area contributed by atoms with Crippen LogP contribution in [0.5, 0.6) is 0 Å². The van der Waals surface area contributed by atoms with Crippen LogP contribution in [0.2, 0.25) is 0 Å². The van der Waals surface area contributed by atoms with Crippen LogP contribution >= 0.6 is 0 Å². The third kappa shape index (κ3) is 3.05. The normalized spacial score (nSPS) is 12.2. The number of benzene rings is 2. The topological polar surface area (TPSA) is 52.6 Å². The monoisotopic (exact) mass is 286 g/mol. The minimum atomic E-state index is -0.957. The van der Waals surface area contributed by atoms with E-state index in [9.17, 15) is 9.59 Å². The summed E-state index contributed by atoms with van der Waals surface area (Å²) in [6, 6.07) is 13.8. The zero-order valence-electron chi connectivity index (χ0n) is 12.3. The molecular formula is C17H18O4. The lowest BCUT2D eigenvalue weighted by atomic mass is 9.86. The lowest BCUT2D eigenvalue weighted by molar-refractivity contribution is -0.159. The van der Waals surface area contributed by atoms with Gasteiger partial charge in [-0.1, -0.05) is 49.4 Å². The number of ether oxygens (including phenoxy) is 2. The van der Waals surface area contributed by atoms with Crippen LogP contribution < -0.4 is 0 Å². The van der Waals surface area contributed by atoms with E-state index in [1.807, 2.05) is 49.4 Å². The first-order valence-corrected chi connectivity index (χ1v) is 6.73. The second kappa shape index (κ2) is 6.39. The predicted octanol–water partition coefficient (Wildman–Crippen LogP) is 2.91. The Morgan fingerprint density at radius 3 is 2.05 bits per heavy atom. The molecule has 0 bridgehead atoms. The highest BCUT2D eigenvalue weighted by atomic mass is 16.5. The predicted molar refractivity (Wildman–Crippen MR) is 79.9 cm³/mol. The summed E-state index contributed by atoms with van der Waals surface area (Å²) in [4.78, 5) is 23.7. The molecular weight excluding hydrogens is 268 g/mol. The molecule has 0 heterocycles. The Labute approximate surface area is 123 Å². The molecule has 2 rings (SSSR count). The van der Waals surface area contributed by atoms with Gasteiger partial charge in [0.15, 0.2) is 5.92 Å². The molecule has 0 amide bonds. The van der Waals surface area contributed by atoms with Gasteiger partial charge in [0.1, 0.15) is 0 Å². The molecule has 1 atom stereocenters. The zero-order chi connectivity index (χ0) is 15.4. The van der Waals surface area contributed by atoms with Gasteiger partial charge in [-0.05, 0) is 16.3 Å². The number of fused-ring (bicyclic) bond motifs is 1. The summed E-state index contributed by atoms with van der Waals surface area (Å²) >= 11 is 0. The van der Waals surface area contributed by atoms with Crippen LogP contribution in [0.1, 0.15) is 18.4 Å². The molecule has 0 fully saturated rings. The summed E-state index contributed by atoms with van der Waals surface area (Å²) in [6.07, 6.45) is 0. The number of carbonyl (C=O) groups is 2. The highest BCUT2D eigenvalue weighted by molar-refractivity contribution is 5.96. The van der Waals surface area contributed by atoms with Crippen LogP contribution in [0.25, 0.3) is 10.8 Å². The van der Waals surface area contributed by atoms with Gasteiger partial charge in [-0.3, -0.25) is 9.59 Å². The van der Waals surface area contributed by atoms with Gasteiger partial charge in [0, 0.05) is 5.92 Å². The molecule has 0 spiro atoms. The molecule has 21 heavy (non-hydrogen) atoms. The second-order valence-electron chi connectivity index (χ2n) is 4.92. The molecule has 0 radical (unpaired) electrons. The Kier molecular flexibility index (Phi) is 4.58. The summed E-state index contributed by atoms with van der Waals surface area (Å²) in [6.45, 7) is 1.82. The number of hydrogen-bond acceptors (Lipinski definition) is 4. The summed E-state index contributed by atoms with van der Waals surface area (Å²) < 4.78 is 9.45. The third-order valence-corrected chi connectivity index (χ3v) is 3.71. The molecule has 1 unspecified atom stereocenters. The van der Waals surface area contributed by atoms with Crippen LogP contribution in [0.3, 0.4) is 0 Å². The van der Waals surface area contributed by atoms with E-state index < -0.39 is 17.9 Å². The Bertz CT molecular complexity index is 647. The molecule has 0 aromatic heterocycles. The highest BCUT2D eigenvalue weighted by Gasteiger charge is 2.35. The van der Waals surface area contributed by atoms with Crippen molar-refractivity contribution in [3.8, 4) is 0 Å². The van der Waals surface area contributed by atoms with E-state index in [0.29, 0.717) is 0 Å². The van der Waals surface area contributed by atoms with Gasteiger partial charge < -0.3 is 9.47 Å². The molecule has 110 valence electrons. The summed E-state index contributed by atoms with van der Waals surface area (Å²) in [5.41, 5.74) is 0.898. The van der Waals surface area contributed by atoms with Gasteiger partial charge in [-0.15, -0.1) is 0 Å². The third-order valence-electron chi connectivity index (χ3n) is 3.71. The maximum absolute atomic E-state index is 11.9. The van der Waals surface area contributed by atoms with Crippen molar-refractivity contribution in [3.05, 3.63) is 48.0 Å². The van der Waals surface area contributed by atoms with Crippen LogP contribution in [-0.2, 0) is 19.1 Å². The first-order valence-electron chi connectivity index (χ1n) is 6.73. The van der Waals surface area contributed by atoms with E-state index in [0.717, 1.165) is 16.3 Å². The minimum Gasteiger partial charge on any atom is -0.468 e. The van der Waals surface area contributed by atoms with Crippen LogP contribution in [-0.4, -0.2) is 26.2 Å². The zero-order valence-corrected chi connectivity index (χ0v) is 12.3. The summed E-state index contributed by atoms with van der Waals surface area (Å²) in [7, 11) is 2.54. The Morgan fingerprint density at radius 2 is 1.48 bits per heavy atom. The summed E-state index contributed by atoms with van der Waals surface area (Å²) in [5, 5.41) is 2.18. The van der Waals surface area contributed by atoms with Crippen molar-refractivity contribution in [2.45, 2.75) is 12.8 Å². The molecule has 2 aromatic carbocycles. The first-order chi connectivity index (χ1) is 10.1. The number of esters is 2. The number of carbonyl (C=O) groups excluding carboxylic acids is 2. The van der Waals surface area contributed by atoms with E-state index in [1.54, 1.807) is 0 Å². The Balaban J connectivity index is 2.40. The van der Waals surface area contributed by atoms with Gasteiger partial charge in [0.2, 0.25) is 0 Å². The van der Waals surface area contributed by atoms with E-state index in [4.69, 9.17) is 9.47 Å². The second-order valence-corrected chi connectivity index (χ2v) is 4.92. The van der Waals surface area contributed by atoms with Gasteiger partial charge in [-0.2, -0.15) is 0 Å². The van der Waals surface area contributed by atoms with Crippen molar-refractivity contribution in [1.82, 2.24) is 0 Å². The average Bonchev–Trinajstić information content (AvgIpc) is 2.53. The molecule has 4 nitrogen and oxygen atoms in total. The molecule has 4 heteroatoms. The quantitative estimate of drug-likeness (QED) is 0.640. The summed E-state index contributed by atoms with van der Waals surface area (Å²) in [5.74, 6) is -2.44. The number of methoxy groups -OCH3 is 2. The lowest BCUT2D eigenvalue weighted by Gasteiger charge is -2.20. The van der Waals surface area contributed by atoms with E-state index in [-0.39, 0.29) is 5.92 Å². The van der Waals surface area contributed by atoms with Crippen molar-refractivity contribution in [1.29, 1.82) is 0 Å². The molecule has 0 aliphatic carbocycles. The van der Waals surface area contributed by atoms with Gasteiger partial charge in [0.25, 0.3) is 0 Å². The molecule has 2 aromatic rings. The molecule has 0 aliphatic rings. The van der Waals surface area contributed by atoms with E-state index >= 15 is 0 Å². The van der Waals surface area contributed by atoms with Gasteiger partial charge in [-0.25, -0.2) is 0 Å². The molecule has 0 saturated heterocycles. The lowest BCUT2D eigenvalue weighted by Crippen LogP contribution is -2.31. The molecule has 0 aliphatic heterocycles. The Morgan fingerprint density at radius 1 is 0.905 bits per heavy atom. The van der Waals surface area contributed by atoms with Crippen LogP contribution in [0.15, 0.2) is 42.5 Å². The average molecular weight is 286 g/mol. The fourth-order valence-electron chi connectivity index (χ4n) is 2.44. The smallest absolute Gasteiger partial charge is 0.320 e. The highest BCUT2D eigenvalue weighted by Crippen LogP contribution is 2.29. The largest absolute Gasteiger partial charge is 0.468 e. The molecule has 0 saturated carbocycles. The molecule has 0 N–H and O–H groups in total. The number of rotatable bonds is 4. The van der Waals surface area contributed by atoms with Gasteiger partial charge in [0.05, 0.1) is 14.2 Å². The standard InChI is InChI=1S/C17H18O4/c1-11(15(16(18)20-2)17(19)21-3)13-9-8-12-6-4-5-7-14(12)10-13/h4-11,15H,1-3H3. The fraction of sp³-hybridized carbons (Fsp3) is 0.294. The van der Waals surface area contributed by atoms with Crippen molar-refractivity contribution >= 4 is 22.7 Å². The minimum absolute atomic E-state index is 0.325. The van der Waals surface area contributed by atoms with Crippen molar-refractivity contribution < 1.29 is 19.1 Å². The van der Waals surface area contributed by atoms with Crippen LogP contribution in [0.4, 0.5) is 0 Å². The van der Waals surface area contributed by atoms with Crippen LogP contribution in [0, 0.1) is 5.92 Å².